The normalized spacial score (nSPS) is 14.0. The largest absolute Gasteiger partial charge is 0.479 e. The van der Waals surface area contributed by atoms with Crippen molar-refractivity contribution in [2.75, 3.05) is 7.11 Å². The molecule has 0 bridgehead atoms. The summed E-state index contributed by atoms with van der Waals surface area (Å²) in [5, 5.41) is 0. The maximum Gasteiger partial charge on any atom is 0.346 e. The van der Waals surface area contributed by atoms with Gasteiger partial charge in [-0.05, 0) is 19.9 Å². The lowest BCUT2D eigenvalue weighted by molar-refractivity contribution is -0.147. The van der Waals surface area contributed by atoms with E-state index in [0.29, 0.717) is 5.75 Å². The molecule has 0 aromatic heterocycles. The summed E-state index contributed by atoms with van der Waals surface area (Å²) in [6, 6.07) is 7.25. The monoisotopic (exact) mass is 223 g/mol. The lowest BCUT2D eigenvalue weighted by atomic mass is 10.1. The van der Waals surface area contributed by atoms with E-state index in [4.69, 9.17) is 10.5 Å². The topological polar surface area (TPSA) is 61.5 Å². The average Bonchev–Trinajstić information content (AvgIpc) is 2.28. The Morgan fingerprint density at radius 3 is 2.50 bits per heavy atom. The Morgan fingerprint density at radius 2 is 1.94 bits per heavy atom. The third-order valence-electron chi connectivity index (χ3n) is 2.25. The van der Waals surface area contributed by atoms with Gasteiger partial charge >= 0.3 is 5.97 Å². The molecule has 0 saturated carbocycles. The maximum atomic E-state index is 11.2. The van der Waals surface area contributed by atoms with Gasteiger partial charge in [0, 0.05) is 11.6 Å². The maximum absolute atomic E-state index is 11.2. The van der Waals surface area contributed by atoms with Crippen LogP contribution in [0.1, 0.15) is 25.5 Å². The van der Waals surface area contributed by atoms with Crippen molar-refractivity contribution < 1.29 is 14.3 Å². The first kappa shape index (κ1) is 12.5. The van der Waals surface area contributed by atoms with E-state index >= 15 is 0 Å². The number of ether oxygens (including phenoxy) is 2. The zero-order valence-electron chi connectivity index (χ0n) is 9.77. The van der Waals surface area contributed by atoms with Crippen LogP contribution >= 0.6 is 0 Å². The van der Waals surface area contributed by atoms with Crippen molar-refractivity contribution in [3.63, 3.8) is 0 Å². The fourth-order valence-electron chi connectivity index (χ4n) is 1.37. The van der Waals surface area contributed by atoms with Gasteiger partial charge in [0.15, 0.2) is 6.10 Å². The third-order valence-corrected chi connectivity index (χ3v) is 2.25. The van der Waals surface area contributed by atoms with Gasteiger partial charge in [0.05, 0.1) is 7.11 Å². The first-order valence-corrected chi connectivity index (χ1v) is 5.15. The quantitative estimate of drug-likeness (QED) is 0.788. The van der Waals surface area contributed by atoms with Crippen molar-refractivity contribution in [1.82, 2.24) is 0 Å². The van der Waals surface area contributed by atoms with Crippen LogP contribution in [0.5, 0.6) is 5.75 Å². The van der Waals surface area contributed by atoms with E-state index < -0.39 is 12.1 Å². The highest BCUT2D eigenvalue weighted by Gasteiger charge is 2.17. The van der Waals surface area contributed by atoms with E-state index in [-0.39, 0.29) is 6.04 Å². The van der Waals surface area contributed by atoms with Gasteiger partial charge in [-0.15, -0.1) is 0 Å². The molecule has 2 atom stereocenters. The number of benzene rings is 1. The highest BCUT2D eigenvalue weighted by molar-refractivity contribution is 5.74. The standard InChI is InChI=1S/C12H17NO3/c1-8(13)10-6-4-5-7-11(10)16-9(2)12(14)15-3/h4-9H,13H2,1-3H3/t8-,9?/m0/s1. The van der Waals surface area contributed by atoms with Crippen LogP contribution in [0.25, 0.3) is 0 Å². The third kappa shape index (κ3) is 2.97. The molecule has 2 N–H and O–H groups in total. The van der Waals surface area contributed by atoms with Gasteiger partial charge in [-0.3, -0.25) is 0 Å². The Bertz CT molecular complexity index is 363. The van der Waals surface area contributed by atoms with Crippen LogP contribution in [0.2, 0.25) is 0 Å². The highest BCUT2D eigenvalue weighted by Crippen LogP contribution is 2.24. The summed E-state index contributed by atoms with van der Waals surface area (Å²) in [4.78, 5) is 11.2. The molecule has 0 aliphatic carbocycles. The first-order valence-electron chi connectivity index (χ1n) is 5.15. The molecule has 1 unspecified atom stereocenters. The van der Waals surface area contributed by atoms with Gasteiger partial charge in [0.2, 0.25) is 0 Å². The molecule has 16 heavy (non-hydrogen) atoms. The molecule has 0 radical (unpaired) electrons. The van der Waals surface area contributed by atoms with E-state index in [1.807, 2.05) is 25.1 Å². The molecule has 0 aliphatic heterocycles. The van der Waals surface area contributed by atoms with Crippen LogP contribution in [0.3, 0.4) is 0 Å². The van der Waals surface area contributed by atoms with Crippen molar-refractivity contribution in [3.8, 4) is 5.75 Å². The van der Waals surface area contributed by atoms with E-state index in [9.17, 15) is 4.79 Å². The smallest absolute Gasteiger partial charge is 0.346 e. The minimum Gasteiger partial charge on any atom is -0.479 e. The molecule has 1 aromatic rings. The van der Waals surface area contributed by atoms with Gasteiger partial charge < -0.3 is 15.2 Å². The van der Waals surface area contributed by atoms with Gasteiger partial charge in [0.1, 0.15) is 5.75 Å². The minimum absolute atomic E-state index is 0.138. The van der Waals surface area contributed by atoms with Crippen LogP contribution in [0.15, 0.2) is 24.3 Å². The molecule has 0 amide bonds. The summed E-state index contributed by atoms with van der Waals surface area (Å²) >= 11 is 0. The van der Waals surface area contributed by atoms with E-state index in [2.05, 4.69) is 4.74 Å². The highest BCUT2D eigenvalue weighted by atomic mass is 16.6. The second-order valence-corrected chi connectivity index (χ2v) is 3.61. The van der Waals surface area contributed by atoms with Crippen LogP contribution in [-0.4, -0.2) is 19.2 Å². The zero-order valence-corrected chi connectivity index (χ0v) is 9.77. The molecular formula is C12H17NO3. The Kier molecular flexibility index (Phi) is 4.31. The van der Waals surface area contributed by atoms with E-state index in [1.54, 1.807) is 13.0 Å². The van der Waals surface area contributed by atoms with Crippen molar-refractivity contribution in [3.05, 3.63) is 29.8 Å². The predicted molar refractivity (Wildman–Crippen MR) is 61.2 cm³/mol. The number of carbonyl (C=O) groups is 1. The molecule has 0 fully saturated rings. The van der Waals surface area contributed by atoms with E-state index in [0.717, 1.165) is 5.56 Å². The number of methoxy groups -OCH3 is 1. The number of rotatable bonds is 4. The number of carbonyl (C=O) groups excluding carboxylic acids is 1. The van der Waals surface area contributed by atoms with Gasteiger partial charge in [-0.2, -0.15) is 0 Å². The van der Waals surface area contributed by atoms with Gasteiger partial charge in [0.25, 0.3) is 0 Å². The summed E-state index contributed by atoms with van der Waals surface area (Å²) < 4.78 is 10.1. The van der Waals surface area contributed by atoms with Crippen molar-refractivity contribution in [2.45, 2.75) is 26.0 Å². The molecule has 0 spiro atoms. The zero-order chi connectivity index (χ0) is 12.1. The lowest BCUT2D eigenvalue weighted by Gasteiger charge is -2.17. The Morgan fingerprint density at radius 1 is 1.31 bits per heavy atom. The van der Waals surface area contributed by atoms with Crippen LogP contribution in [0.4, 0.5) is 0 Å². The number of hydrogen-bond donors (Lipinski definition) is 1. The number of nitrogens with two attached hydrogens (primary N) is 1. The Labute approximate surface area is 95.3 Å². The summed E-state index contributed by atoms with van der Waals surface area (Å²) in [7, 11) is 1.33. The molecule has 0 saturated heterocycles. The van der Waals surface area contributed by atoms with Gasteiger partial charge in [-0.25, -0.2) is 4.79 Å². The average molecular weight is 223 g/mol. The molecule has 1 aromatic carbocycles. The SMILES string of the molecule is COC(=O)C(C)Oc1ccccc1[C@H](C)N. The fourth-order valence-corrected chi connectivity index (χ4v) is 1.37. The summed E-state index contributed by atoms with van der Waals surface area (Å²) in [6.07, 6.45) is -0.634. The number of hydrogen-bond acceptors (Lipinski definition) is 4. The molecule has 1 rings (SSSR count). The van der Waals surface area contributed by atoms with Crippen molar-refractivity contribution in [1.29, 1.82) is 0 Å². The molecule has 4 heteroatoms. The second kappa shape index (κ2) is 5.51. The minimum atomic E-state index is -0.634. The predicted octanol–water partition coefficient (Wildman–Crippen LogP) is 1.65. The summed E-state index contributed by atoms with van der Waals surface area (Å²) in [5.41, 5.74) is 6.68. The van der Waals surface area contributed by atoms with Gasteiger partial charge in [-0.1, -0.05) is 18.2 Å². The van der Waals surface area contributed by atoms with Crippen LogP contribution in [0, 0.1) is 0 Å². The molecule has 88 valence electrons. The molecule has 0 heterocycles. The molecule has 0 aliphatic rings. The van der Waals surface area contributed by atoms with Crippen LogP contribution < -0.4 is 10.5 Å². The number of esters is 1. The number of para-hydroxylation sites is 1. The Hall–Kier alpha value is -1.55. The first-order chi connectivity index (χ1) is 7.56. The second-order valence-electron chi connectivity index (χ2n) is 3.61. The van der Waals surface area contributed by atoms with Crippen LogP contribution in [-0.2, 0) is 9.53 Å². The van der Waals surface area contributed by atoms with Crippen molar-refractivity contribution in [2.24, 2.45) is 5.73 Å². The lowest BCUT2D eigenvalue weighted by Crippen LogP contribution is -2.25. The summed E-state index contributed by atoms with van der Waals surface area (Å²) in [5.74, 6) is 0.217. The molecule has 4 nitrogen and oxygen atoms in total. The van der Waals surface area contributed by atoms with Crippen molar-refractivity contribution >= 4 is 5.97 Å². The molecular weight excluding hydrogens is 206 g/mol. The van der Waals surface area contributed by atoms with E-state index in [1.165, 1.54) is 7.11 Å². The fraction of sp³-hybridized carbons (Fsp3) is 0.417. The Balaban J connectivity index is 2.84. The summed E-state index contributed by atoms with van der Waals surface area (Å²) in [6.45, 7) is 3.51.